The highest BCUT2D eigenvalue weighted by atomic mass is 16.5. The highest BCUT2D eigenvalue weighted by Gasteiger charge is 2.66. The lowest BCUT2D eigenvalue weighted by molar-refractivity contribution is -0.139. The molecule has 1 saturated heterocycles. The van der Waals surface area contributed by atoms with Gasteiger partial charge in [0.25, 0.3) is 0 Å². The van der Waals surface area contributed by atoms with Crippen molar-refractivity contribution in [2.45, 2.75) is 81.5 Å². The Morgan fingerprint density at radius 3 is 2.85 bits per heavy atom. The number of hydrogen-bond donors (Lipinski definition) is 0. The Bertz CT molecular complexity index is 1200. The van der Waals surface area contributed by atoms with Gasteiger partial charge in [-0.25, -0.2) is 0 Å². The standard InChI is InChI=1S/C30H36N2O/c1-28-12-10-24-17-23-6-7-25(32(2)3)18-29(23)13-14-30(24,33-29)27(28)9-8-26(28)21-5-4-20-11-15-31-19-22(20)16-21/h4-5,10-11,15-17,19,25-27H,6-9,12-14,18H2,1-3H3/t25?,26-,27-,28-,29-,30-/m1/s1. The smallest absolute Gasteiger partial charge is 0.0974 e. The Kier molecular flexibility index (Phi) is 4.20. The highest BCUT2D eigenvalue weighted by molar-refractivity contribution is 5.82. The number of allylic oxidation sites excluding steroid dienone is 1. The molecule has 3 fully saturated rings. The number of ether oxygens (including phenoxy) is 1. The van der Waals surface area contributed by atoms with E-state index in [1.807, 2.05) is 12.4 Å². The molecule has 0 amide bonds. The van der Waals surface area contributed by atoms with Crippen molar-refractivity contribution < 1.29 is 4.74 Å². The Morgan fingerprint density at radius 1 is 1.06 bits per heavy atom. The highest BCUT2D eigenvalue weighted by Crippen LogP contribution is 2.69. The fourth-order valence-corrected chi connectivity index (χ4v) is 8.69. The van der Waals surface area contributed by atoms with E-state index in [1.54, 1.807) is 5.57 Å². The van der Waals surface area contributed by atoms with E-state index in [-0.39, 0.29) is 16.6 Å². The van der Waals surface area contributed by atoms with Crippen molar-refractivity contribution >= 4 is 10.8 Å². The molecule has 2 bridgehead atoms. The van der Waals surface area contributed by atoms with Crippen LogP contribution in [0.2, 0.25) is 0 Å². The summed E-state index contributed by atoms with van der Waals surface area (Å²) < 4.78 is 7.42. The van der Waals surface area contributed by atoms with E-state index in [0.717, 1.165) is 0 Å². The average Bonchev–Trinajstić information content (AvgIpc) is 3.33. The van der Waals surface area contributed by atoms with Crippen molar-refractivity contribution in [1.29, 1.82) is 0 Å². The third-order valence-electron chi connectivity index (χ3n) is 10.5. The Labute approximate surface area is 197 Å². The van der Waals surface area contributed by atoms with E-state index in [4.69, 9.17) is 4.74 Å². The number of pyridine rings is 1. The van der Waals surface area contributed by atoms with Gasteiger partial charge in [0.1, 0.15) is 0 Å². The van der Waals surface area contributed by atoms with Crippen LogP contribution in [-0.4, -0.2) is 41.2 Å². The third-order valence-corrected chi connectivity index (χ3v) is 10.5. The molecule has 172 valence electrons. The molecular formula is C30H36N2O. The summed E-state index contributed by atoms with van der Waals surface area (Å²) in [7, 11) is 4.49. The minimum atomic E-state index is -0.0577. The van der Waals surface area contributed by atoms with Gasteiger partial charge in [0.05, 0.1) is 11.2 Å². The first-order valence-corrected chi connectivity index (χ1v) is 13.1. The molecule has 2 spiro atoms. The third kappa shape index (κ3) is 2.67. The number of hydrogen-bond acceptors (Lipinski definition) is 3. The van der Waals surface area contributed by atoms with Crippen molar-refractivity contribution in [3.63, 3.8) is 0 Å². The minimum Gasteiger partial charge on any atom is -0.359 e. The van der Waals surface area contributed by atoms with Crippen molar-refractivity contribution in [2.75, 3.05) is 14.1 Å². The van der Waals surface area contributed by atoms with Crippen LogP contribution in [0, 0.1) is 11.3 Å². The van der Waals surface area contributed by atoms with Gasteiger partial charge in [0.2, 0.25) is 0 Å². The van der Waals surface area contributed by atoms with Gasteiger partial charge in [-0.3, -0.25) is 4.98 Å². The van der Waals surface area contributed by atoms with Crippen LogP contribution >= 0.6 is 0 Å². The van der Waals surface area contributed by atoms with Crippen LogP contribution in [0.25, 0.3) is 10.8 Å². The van der Waals surface area contributed by atoms with E-state index in [9.17, 15) is 0 Å². The quantitative estimate of drug-likeness (QED) is 0.540. The molecule has 1 unspecified atom stereocenters. The second kappa shape index (κ2) is 6.79. The molecule has 2 aromatic rings. The normalized spacial score (nSPS) is 41.4. The number of benzene rings is 1. The van der Waals surface area contributed by atoms with Gasteiger partial charge < -0.3 is 9.64 Å². The van der Waals surface area contributed by atoms with Crippen molar-refractivity contribution in [3.8, 4) is 0 Å². The molecule has 0 radical (unpaired) electrons. The predicted octanol–water partition coefficient (Wildman–Crippen LogP) is 6.41. The Hall–Kier alpha value is -1.97. The lowest BCUT2D eigenvalue weighted by atomic mass is 9.58. The largest absolute Gasteiger partial charge is 0.359 e. The molecular weight excluding hydrogens is 404 g/mol. The van der Waals surface area contributed by atoms with E-state index in [1.165, 1.54) is 73.3 Å². The fourth-order valence-electron chi connectivity index (χ4n) is 8.69. The molecule has 33 heavy (non-hydrogen) atoms. The maximum absolute atomic E-state index is 7.42. The molecule has 6 atom stereocenters. The number of aromatic nitrogens is 1. The van der Waals surface area contributed by atoms with E-state index in [0.29, 0.717) is 17.9 Å². The SMILES string of the molecule is CN(C)C1CCC2=CC3=CC[C@]4(C)[C@@H](c5ccc6ccncc6c5)CC[C@H]4[C@@]34CC[C@]2(C1)O4. The van der Waals surface area contributed by atoms with E-state index < -0.39 is 0 Å². The van der Waals surface area contributed by atoms with Crippen LogP contribution in [0.4, 0.5) is 0 Å². The maximum atomic E-state index is 7.42. The summed E-state index contributed by atoms with van der Waals surface area (Å²) in [5.74, 6) is 1.20. The molecule has 5 aliphatic rings. The minimum absolute atomic E-state index is 0.00448. The number of nitrogens with zero attached hydrogens (tertiary/aromatic N) is 2. The van der Waals surface area contributed by atoms with Gasteiger partial charge in [0.15, 0.2) is 0 Å². The lowest BCUT2D eigenvalue weighted by Crippen LogP contribution is -2.55. The van der Waals surface area contributed by atoms with Crippen LogP contribution in [0.1, 0.15) is 69.8 Å². The zero-order valence-electron chi connectivity index (χ0n) is 20.3. The van der Waals surface area contributed by atoms with Crippen molar-refractivity contribution in [1.82, 2.24) is 9.88 Å². The zero-order chi connectivity index (χ0) is 22.4. The van der Waals surface area contributed by atoms with E-state index in [2.05, 4.69) is 67.3 Å². The molecule has 3 nitrogen and oxygen atoms in total. The summed E-state index contributed by atoms with van der Waals surface area (Å²) in [6, 6.07) is 9.86. The first-order chi connectivity index (χ1) is 15.9. The van der Waals surface area contributed by atoms with E-state index >= 15 is 0 Å². The zero-order valence-corrected chi connectivity index (χ0v) is 20.3. The fraction of sp³-hybridized carbons (Fsp3) is 0.567. The Morgan fingerprint density at radius 2 is 1.97 bits per heavy atom. The van der Waals surface area contributed by atoms with Crippen LogP contribution in [0.15, 0.2) is 60.0 Å². The molecule has 3 heterocycles. The monoisotopic (exact) mass is 440 g/mol. The molecule has 1 aromatic heterocycles. The van der Waals surface area contributed by atoms with Crippen LogP contribution in [-0.2, 0) is 4.74 Å². The Balaban J connectivity index is 1.28. The van der Waals surface area contributed by atoms with Crippen molar-refractivity contribution in [2.24, 2.45) is 11.3 Å². The lowest BCUT2D eigenvalue weighted by Gasteiger charge is -2.54. The molecule has 2 saturated carbocycles. The average molecular weight is 441 g/mol. The van der Waals surface area contributed by atoms with Gasteiger partial charge in [-0.2, -0.15) is 0 Å². The molecule has 2 aliphatic heterocycles. The molecule has 0 N–H and O–H groups in total. The second-order valence-electron chi connectivity index (χ2n) is 12.0. The van der Waals surface area contributed by atoms with Crippen molar-refractivity contribution in [3.05, 3.63) is 65.5 Å². The summed E-state index contributed by atoms with van der Waals surface area (Å²) in [4.78, 5) is 6.81. The van der Waals surface area contributed by atoms with Crippen LogP contribution in [0.3, 0.4) is 0 Å². The van der Waals surface area contributed by atoms with Crippen LogP contribution < -0.4 is 0 Å². The molecule has 7 rings (SSSR count). The van der Waals surface area contributed by atoms with Gasteiger partial charge in [-0.15, -0.1) is 0 Å². The van der Waals surface area contributed by atoms with Gasteiger partial charge in [-0.05, 0) is 117 Å². The number of rotatable bonds is 2. The molecule has 3 heteroatoms. The number of fused-ring (bicyclic) bond motifs is 2. The first kappa shape index (κ1) is 20.4. The summed E-state index contributed by atoms with van der Waals surface area (Å²) in [5, 5.41) is 2.56. The summed E-state index contributed by atoms with van der Waals surface area (Å²) in [6.07, 6.45) is 18.9. The predicted molar refractivity (Wildman–Crippen MR) is 133 cm³/mol. The molecule has 3 aliphatic carbocycles. The van der Waals surface area contributed by atoms with Gasteiger partial charge >= 0.3 is 0 Å². The second-order valence-corrected chi connectivity index (χ2v) is 12.0. The summed E-state index contributed by atoms with van der Waals surface area (Å²) >= 11 is 0. The first-order valence-electron chi connectivity index (χ1n) is 13.1. The van der Waals surface area contributed by atoms with Gasteiger partial charge in [-0.1, -0.05) is 31.2 Å². The molecule has 1 aromatic carbocycles. The van der Waals surface area contributed by atoms with Gasteiger partial charge in [0, 0.05) is 23.8 Å². The summed E-state index contributed by atoms with van der Waals surface area (Å²) in [5.41, 5.74) is 4.82. The topological polar surface area (TPSA) is 25.4 Å². The van der Waals surface area contributed by atoms with Crippen LogP contribution in [0.5, 0.6) is 0 Å². The summed E-state index contributed by atoms with van der Waals surface area (Å²) in [6.45, 7) is 2.57. The maximum Gasteiger partial charge on any atom is 0.0974 e.